The first kappa shape index (κ1) is 22.6. The lowest BCUT2D eigenvalue weighted by Gasteiger charge is -2.00. The molecule has 0 aromatic carbocycles. The molecule has 14 heteroatoms. The van der Waals surface area contributed by atoms with E-state index in [1.54, 1.807) is 0 Å². The maximum Gasteiger partial charge on any atom is 0.232 e. The van der Waals surface area contributed by atoms with Crippen molar-refractivity contribution in [3.8, 4) is 19.8 Å². The van der Waals surface area contributed by atoms with E-state index in [0.29, 0.717) is 12.8 Å². The maximum atomic E-state index is 11.3. The van der Waals surface area contributed by atoms with Crippen molar-refractivity contribution in [1.82, 2.24) is 9.97 Å². The van der Waals surface area contributed by atoms with E-state index in [2.05, 4.69) is 0 Å². The summed E-state index contributed by atoms with van der Waals surface area (Å²) in [4.78, 5) is 12.8. The highest BCUT2D eigenvalue weighted by Gasteiger charge is 2.19. The quantitative estimate of drug-likeness (QED) is 0.267. The van der Waals surface area contributed by atoms with Crippen LogP contribution in [-0.2, 0) is 30.9 Å². The first-order valence-electron chi connectivity index (χ1n) is 8.34. The van der Waals surface area contributed by atoms with Gasteiger partial charge in [0.1, 0.15) is 10.0 Å². The van der Waals surface area contributed by atoms with Crippen LogP contribution in [-0.4, -0.2) is 38.3 Å². The molecule has 4 aromatic rings. The van der Waals surface area contributed by atoms with E-state index in [0.717, 1.165) is 40.6 Å². The van der Waals surface area contributed by atoms with Crippen LogP contribution in [0.25, 0.3) is 29.4 Å². The van der Waals surface area contributed by atoms with Crippen LogP contribution in [0.3, 0.4) is 0 Å². The highest BCUT2D eigenvalue weighted by molar-refractivity contribution is 8.14. The van der Waals surface area contributed by atoms with Gasteiger partial charge in [0, 0.05) is 21.4 Å². The third-order valence-corrected chi connectivity index (χ3v) is 10.6. The predicted molar refractivity (Wildman–Crippen MR) is 129 cm³/mol. The number of hydrogen-bond acceptors (Lipinski definition) is 10. The number of fused-ring (bicyclic) bond motifs is 1. The number of aryl methyl sites for hydroxylation is 2. The molecule has 4 aromatic heterocycles. The zero-order valence-electron chi connectivity index (χ0n) is 14.9. The molecule has 4 rings (SSSR count). The summed E-state index contributed by atoms with van der Waals surface area (Å²) < 4.78 is 45.0. The molecule has 4 heterocycles. The molecule has 0 N–H and O–H groups in total. The third kappa shape index (κ3) is 5.41. The molecule has 0 saturated heterocycles. The molecule has 30 heavy (non-hydrogen) atoms. The summed E-state index contributed by atoms with van der Waals surface area (Å²) in [6.07, 6.45) is 0.664. The molecular formula is C16H12Cl2N2O4S6. The van der Waals surface area contributed by atoms with Crippen LogP contribution in [0.2, 0.25) is 0 Å². The second-order valence-corrected chi connectivity index (χ2v) is 15.8. The lowest BCUT2D eigenvalue weighted by Crippen LogP contribution is -2.00. The lowest BCUT2D eigenvalue weighted by atomic mass is 10.2. The highest BCUT2D eigenvalue weighted by atomic mass is 35.7. The van der Waals surface area contributed by atoms with Gasteiger partial charge < -0.3 is 0 Å². The van der Waals surface area contributed by atoms with Crippen LogP contribution in [0, 0.1) is 0 Å². The molecule has 0 aliphatic carbocycles. The Balaban J connectivity index is 1.60. The molecule has 0 fully saturated rings. The first-order valence-corrected chi connectivity index (χ1v) is 16.7. The van der Waals surface area contributed by atoms with Crippen molar-refractivity contribution in [3.63, 3.8) is 0 Å². The molecule has 0 saturated carbocycles. The van der Waals surface area contributed by atoms with Gasteiger partial charge in [0.05, 0.1) is 21.3 Å². The van der Waals surface area contributed by atoms with E-state index in [4.69, 9.17) is 31.3 Å². The minimum atomic E-state index is -3.56. The molecule has 0 aliphatic rings. The predicted octanol–water partition coefficient (Wildman–Crippen LogP) is 5.43. The maximum absolute atomic E-state index is 11.3. The minimum absolute atomic E-state index is 0.125. The number of rotatable bonds is 8. The largest absolute Gasteiger partial charge is 0.232 e. The van der Waals surface area contributed by atoms with Gasteiger partial charge in [-0.1, -0.05) is 22.7 Å². The SMILES string of the molecule is O=S(=O)(Cl)CCc1ccsc1-c1nc2sc(-c3sccc3CCS(=O)(=O)Cl)nc2s1. The Morgan fingerprint density at radius 1 is 0.733 bits per heavy atom. The van der Waals surface area contributed by atoms with Gasteiger partial charge in [0.25, 0.3) is 0 Å². The van der Waals surface area contributed by atoms with E-state index in [1.165, 1.54) is 45.3 Å². The summed E-state index contributed by atoms with van der Waals surface area (Å²) in [7, 11) is 3.56. The molecule has 0 amide bonds. The van der Waals surface area contributed by atoms with Gasteiger partial charge in [-0.3, -0.25) is 0 Å². The summed E-state index contributed by atoms with van der Waals surface area (Å²) in [6.45, 7) is 0. The lowest BCUT2D eigenvalue weighted by molar-refractivity contribution is 0.607. The van der Waals surface area contributed by atoms with Gasteiger partial charge in [-0.15, -0.1) is 22.7 Å². The van der Waals surface area contributed by atoms with Gasteiger partial charge in [0.15, 0.2) is 9.66 Å². The Kier molecular flexibility index (Phi) is 6.58. The summed E-state index contributed by atoms with van der Waals surface area (Å²) in [5, 5.41) is 5.41. The summed E-state index contributed by atoms with van der Waals surface area (Å²) in [5.41, 5.74) is 1.79. The van der Waals surface area contributed by atoms with Gasteiger partial charge in [0.2, 0.25) is 18.1 Å². The van der Waals surface area contributed by atoms with Crippen LogP contribution >= 0.6 is 66.7 Å². The second-order valence-electron chi connectivity index (χ2n) is 6.18. The van der Waals surface area contributed by atoms with E-state index >= 15 is 0 Å². The van der Waals surface area contributed by atoms with E-state index in [1.807, 2.05) is 22.9 Å². The van der Waals surface area contributed by atoms with Crippen molar-refractivity contribution in [3.05, 3.63) is 34.0 Å². The second kappa shape index (κ2) is 8.74. The monoisotopic (exact) mass is 558 g/mol. The Morgan fingerprint density at radius 3 is 1.50 bits per heavy atom. The fourth-order valence-corrected chi connectivity index (χ4v) is 8.33. The Hall–Kier alpha value is -0.600. The fraction of sp³-hybridized carbons (Fsp3) is 0.250. The smallest absolute Gasteiger partial charge is 0.222 e. The average Bonchev–Trinajstić information content (AvgIpc) is 3.37. The molecule has 160 valence electrons. The highest BCUT2D eigenvalue weighted by Crippen LogP contribution is 2.41. The number of hydrogen-bond donors (Lipinski definition) is 0. The fourth-order valence-electron chi connectivity index (χ4n) is 2.74. The van der Waals surface area contributed by atoms with Gasteiger partial charge in [-0.25, -0.2) is 26.8 Å². The van der Waals surface area contributed by atoms with E-state index in [9.17, 15) is 16.8 Å². The van der Waals surface area contributed by atoms with Crippen LogP contribution in [0.1, 0.15) is 11.1 Å². The van der Waals surface area contributed by atoms with Crippen molar-refractivity contribution in [2.75, 3.05) is 11.5 Å². The zero-order chi connectivity index (χ0) is 21.5. The summed E-state index contributed by atoms with van der Waals surface area (Å²) in [5.74, 6) is -0.251. The molecule has 0 unspecified atom stereocenters. The van der Waals surface area contributed by atoms with Crippen molar-refractivity contribution >= 4 is 94.5 Å². The molecule has 0 radical (unpaired) electrons. The summed E-state index contributed by atoms with van der Waals surface area (Å²) >= 11 is 5.91. The van der Waals surface area contributed by atoms with Crippen LogP contribution in [0.5, 0.6) is 0 Å². The van der Waals surface area contributed by atoms with Gasteiger partial charge in [-0.05, 0) is 46.9 Å². The van der Waals surface area contributed by atoms with Crippen molar-refractivity contribution in [1.29, 1.82) is 0 Å². The molecule has 0 spiro atoms. The topological polar surface area (TPSA) is 94.1 Å². The van der Waals surface area contributed by atoms with Gasteiger partial charge >= 0.3 is 0 Å². The van der Waals surface area contributed by atoms with E-state index in [-0.39, 0.29) is 11.5 Å². The number of aromatic nitrogens is 2. The number of halogens is 2. The Labute approximate surface area is 198 Å². The standard InChI is InChI=1S/C16H12Cl2N2O4S6/c17-29(21,22)7-3-9-1-5-25-11(9)13-19-15-16(27-13)20-14(28-15)12-10(2-6-26-12)4-8-30(18,23)24/h1-2,5-6H,3-4,7-8H2. The van der Waals surface area contributed by atoms with Crippen molar-refractivity contribution in [2.45, 2.75) is 12.8 Å². The van der Waals surface area contributed by atoms with Crippen LogP contribution in [0.15, 0.2) is 22.9 Å². The molecule has 0 atom stereocenters. The van der Waals surface area contributed by atoms with Crippen LogP contribution < -0.4 is 0 Å². The number of thiazole rings is 2. The third-order valence-electron chi connectivity index (χ3n) is 4.09. The van der Waals surface area contributed by atoms with Crippen molar-refractivity contribution < 1.29 is 16.8 Å². The van der Waals surface area contributed by atoms with E-state index < -0.39 is 18.1 Å². The average molecular weight is 560 g/mol. The molecular weight excluding hydrogens is 547 g/mol. The summed E-state index contributed by atoms with van der Waals surface area (Å²) in [6, 6.07) is 3.78. The zero-order valence-corrected chi connectivity index (χ0v) is 21.3. The van der Waals surface area contributed by atoms with Gasteiger partial charge in [-0.2, -0.15) is 0 Å². The van der Waals surface area contributed by atoms with Crippen LogP contribution in [0.4, 0.5) is 0 Å². The Morgan fingerprint density at radius 2 is 1.13 bits per heavy atom. The normalized spacial score (nSPS) is 12.7. The molecule has 6 nitrogen and oxygen atoms in total. The van der Waals surface area contributed by atoms with Crippen molar-refractivity contribution in [2.24, 2.45) is 0 Å². The molecule has 0 aliphatic heterocycles. The Bertz CT molecular complexity index is 1280. The number of thiophene rings is 2. The molecule has 0 bridgehead atoms. The minimum Gasteiger partial charge on any atom is -0.222 e. The number of nitrogens with zero attached hydrogens (tertiary/aromatic N) is 2. The first-order chi connectivity index (χ1) is 14.1.